The highest BCUT2D eigenvalue weighted by Gasteiger charge is 2.33. The Kier molecular flexibility index (Phi) is 5.13. The first-order chi connectivity index (χ1) is 12.6. The van der Waals surface area contributed by atoms with Gasteiger partial charge in [0, 0.05) is 37.9 Å². The van der Waals surface area contributed by atoms with Gasteiger partial charge in [-0.3, -0.25) is 0 Å². The fourth-order valence-electron chi connectivity index (χ4n) is 2.89. The number of hydrogen-bond donors (Lipinski definition) is 0. The van der Waals surface area contributed by atoms with Crippen molar-refractivity contribution in [3.63, 3.8) is 0 Å². The van der Waals surface area contributed by atoms with Crippen LogP contribution in [0.3, 0.4) is 0 Å². The first-order valence-corrected chi connectivity index (χ1v) is 9.40. The molecule has 1 aliphatic heterocycles. The lowest BCUT2D eigenvalue weighted by atomic mass is 10.1. The summed E-state index contributed by atoms with van der Waals surface area (Å²) in [5.41, 5.74) is -0.460. The average molecular weight is 406 g/mol. The van der Waals surface area contributed by atoms with Gasteiger partial charge in [0.1, 0.15) is 16.5 Å². The quantitative estimate of drug-likeness (QED) is 0.733. The van der Waals surface area contributed by atoms with Crippen LogP contribution < -0.4 is 4.90 Å². The average Bonchev–Trinajstić information content (AvgIpc) is 2.61. The minimum absolute atomic E-state index is 0.0323. The lowest BCUT2D eigenvalue weighted by molar-refractivity contribution is -0.137. The minimum atomic E-state index is -4.47. The molecule has 0 bridgehead atoms. The fourth-order valence-corrected chi connectivity index (χ4v) is 4.36. The van der Waals surface area contributed by atoms with Crippen molar-refractivity contribution in [2.75, 3.05) is 31.1 Å². The third kappa shape index (κ3) is 4.06. The van der Waals surface area contributed by atoms with Gasteiger partial charge in [0.25, 0.3) is 0 Å². The standard InChI is InChI=1S/C17H15F5N2O2S/c18-13-4-5-16(15(19)11-13)27(25,26)24-8-6-23(7-9-24)14-3-1-2-12(10-14)17(20,21)22/h1-5,10-11H,6-9H2. The minimum Gasteiger partial charge on any atom is -0.369 e. The summed E-state index contributed by atoms with van der Waals surface area (Å²) in [5.74, 6) is -2.07. The second-order valence-electron chi connectivity index (χ2n) is 6.01. The van der Waals surface area contributed by atoms with Gasteiger partial charge in [-0.05, 0) is 30.3 Å². The molecule has 0 spiro atoms. The van der Waals surface area contributed by atoms with Crippen molar-refractivity contribution in [2.24, 2.45) is 0 Å². The van der Waals surface area contributed by atoms with Crippen LogP contribution in [0, 0.1) is 11.6 Å². The van der Waals surface area contributed by atoms with E-state index in [0.29, 0.717) is 11.8 Å². The Bertz CT molecular complexity index is 939. The molecule has 10 heteroatoms. The predicted molar refractivity (Wildman–Crippen MR) is 88.8 cm³/mol. The lowest BCUT2D eigenvalue weighted by Gasteiger charge is -2.35. The summed E-state index contributed by atoms with van der Waals surface area (Å²) in [6, 6.07) is 6.97. The molecule has 0 N–H and O–H groups in total. The topological polar surface area (TPSA) is 40.6 Å². The van der Waals surface area contributed by atoms with Crippen molar-refractivity contribution < 1.29 is 30.4 Å². The summed E-state index contributed by atoms with van der Waals surface area (Å²) in [6.45, 7) is 0.220. The van der Waals surface area contributed by atoms with Crippen LogP contribution in [-0.2, 0) is 16.2 Å². The van der Waals surface area contributed by atoms with Crippen LogP contribution in [0.25, 0.3) is 0 Å². The summed E-state index contributed by atoms with van der Waals surface area (Å²) in [4.78, 5) is 0.999. The maximum Gasteiger partial charge on any atom is 0.416 e. The second-order valence-corrected chi connectivity index (χ2v) is 7.92. The van der Waals surface area contributed by atoms with Gasteiger partial charge in [0.15, 0.2) is 0 Å². The molecule has 0 aromatic heterocycles. The number of nitrogens with zero attached hydrogens (tertiary/aromatic N) is 2. The molecule has 0 aliphatic carbocycles. The van der Waals surface area contributed by atoms with Gasteiger partial charge >= 0.3 is 6.18 Å². The summed E-state index contributed by atoms with van der Waals surface area (Å²) in [7, 11) is -4.16. The number of piperazine rings is 1. The van der Waals surface area contributed by atoms with Crippen LogP contribution in [0.4, 0.5) is 27.6 Å². The molecule has 2 aromatic rings. The van der Waals surface area contributed by atoms with Crippen LogP contribution in [0.5, 0.6) is 0 Å². The summed E-state index contributed by atoms with van der Waals surface area (Å²) < 4.78 is 91.5. The van der Waals surface area contributed by atoms with Gasteiger partial charge in [-0.1, -0.05) is 6.07 Å². The van der Waals surface area contributed by atoms with Crippen molar-refractivity contribution in [1.29, 1.82) is 0 Å². The van der Waals surface area contributed by atoms with E-state index < -0.39 is 38.3 Å². The molecule has 0 amide bonds. The molecule has 0 radical (unpaired) electrons. The summed E-state index contributed by atoms with van der Waals surface area (Å²) >= 11 is 0. The zero-order valence-corrected chi connectivity index (χ0v) is 14.7. The zero-order valence-electron chi connectivity index (χ0n) is 13.9. The molecular formula is C17H15F5N2O2S. The van der Waals surface area contributed by atoms with Gasteiger partial charge in [-0.15, -0.1) is 0 Å². The van der Waals surface area contributed by atoms with E-state index in [4.69, 9.17) is 0 Å². The largest absolute Gasteiger partial charge is 0.416 e. The van der Waals surface area contributed by atoms with Gasteiger partial charge in [-0.25, -0.2) is 17.2 Å². The molecule has 146 valence electrons. The van der Waals surface area contributed by atoms with Crippen LogP contribution in [0.15, 0.2) is 47.4 Å². The Labute approximate surface area is 152 Å². The van der Waals surface area contributed by atoms with Gasteiger partial charge in [0.05, 0.1) is 5.56 Å². The number of anilines is 1. The number of benzene rings is 2. The van der Waals surface area contributed by atoms with Crippen molar-refractivity contribution in [1.82, 2.24) is 4.31 Å². The number of sulfonamides is 1. The van der Waals surface area contributed by atoms with E-state index in [1.165, 1.54) is 12.1 Å². The molecule has 1 saturated heterocycles. The Morgan fingerprint density at radius 1 is 0.889 bits per heavy atom. The monoisotopic (exact) mass is 406 g/mol. The van der Waals surface area contributed by atoms with Crippen LogP contribution >= 0.6 is 0 Å². The lowest BCUT2D eigenvalue weighted by Crippen LogP contribution is -2.48. The molecule has 2 aromatic carbocycles. The van der Waals surface area contributed by atoms with Crippen molar-refractivity contribution in [3.05, 3.63) is 59.7 Å². The molecule has 1 heterocycles. The smallest absolute Gasteiger partial charge is 0.369 e. The van der Waals surface area contributed by atoms with E-state index in [1.54, 1.807) is 4.90 Å². The van der Waals surface area contributed by atoms with Crippen LogP contribution in [-0.4, -0.2) is 38.9 Å². The van der Waals surface area contributed by atoms with E-state index in [-0.39, 0.29) is 26.2 Å². The first kappa shape index (κ1) is 19.6. The highest BCUT2D eigenvalue weighted by atomic mass is 32.2. The summed E-state index contributed by atoms with van der Waals surface area (Å²) in [5, 5.41) is 0. The number of halogens is 5. The van der Waals surface area contributed by atoms with Crippen molar-refractivity contribution in [3.8, 4) is 0 Å². The second kappa shape index (κ2) is 7.08. The maximum absolute atomic E-state index is 13.8. The highest BCUT2D eigenvalue weighted by Crippen LogP contribution is 2.32. The molecule has 1 aliphatic rings. The van der Waals surface area contributed by atoms with Crippen LogP contribution in [0.1, 0.15) is 5.56 Å². The van der Waals surface area contributed by atoms with E-state index in [1.807, 2.05) is 0 Å². The number of rotatable bonds is 3. The molecular weight excluding hydrogens is 391 g/mol. The molecule has 4 nitrogen and oxygen atoms in total. The predicted octanol–water partition coefficient (Wildman–Crippen LogP) is 3.49. The van der Waals surface area contributed by atoms with Gasteiger partial charge in [0.2, 0.25) is 10.0 Å². The molecule has 27 heavy (non-hydrogen) atoms. The summed E-state index contributed by atoms with van der Waals surface area (Å²) in [6.07, 6.45) is -4.47. The molecule has 3 rings (SSSR count). The SMILES string of the molecule is O=S(=O)(c1ccc(F)cc1F)N1CCN(c2cccc(C(F)(F)F)c2)CC1. The molecule has 0 atom stereocenters. The fraction of sp³-hybridized carbons (Fsp3) is 0.294. The number of hydrogen-bond acceptors (Lipinski definition) is 3. The van der Waals surface area contributed by atoms with Gasteiger partial charge < -0.3 is 4.90 Å². The van der Waals surface area contributed by atoms with E-state index in [9.17, 15) is 30.4 Å². The normalized spacial score (nSPS) is 16.6. The third-order valence-electron chi connectivity index (χ3n) is 4.29. The molecule has 0 saturated carbocycles. The van der Waals surface area contributed by atoms with E-state index in [0.717, 1.165) is 28.6 Å². The Morgan fingerprint density at radius 2 is 1.56 bits per heavy atom. The Balaban J connectivity index is 1.75. The zero-order chi connectivity index (χ0) is 19.8. The maximum atomic E-state index is 13.8. The third-order valence-corrected chi connectivity index (χ3v) is 6.22. The highest BCUT2D eigenvalue weighted by molar-refractivity contribution is 7.89. The van der Waals surface area contributed by atoms with Crippen molar-refractivity contribution >= 4 is 15.7 Å². The molecule has 0 unspecified atom stereocenters. The number of alkyl halides is 3. The first-order valence-electron chi connectivity index (χ1n) is 7.96. The van der Waals surface area contributed by atoms with Gasteiger partial charge in [-0.2, -0.15) is 17.5 Å². The van der Waals surface area contributed by atoms with Crippen LogP contribution in [0.2, 0.25) is 0 Å². The molecule has 1 fully saturated rings. The Morgan fingerprint density at radius 3 is 2.15 bits per heavy atom. The van der Waals surface area contributed by atoms with E-state index >= 15 is 0 Å². The van der Waals surface area contributed by atoms with E-state index in [2.05, 4.69) is 0 Å². The Hall–Kier alpha value is -2.20. The van der Waals surface area contributed by atoms with Crippen molar-refractivity contribution in [2.45, 2.75) is 11.1 Å².